The van der Waals surface area contributed by atoms with Crippen LogP contribution in [0.15, 0.2) is 36.4 Å². The van der Waals surface area contributed by atoms with Crippen molar-refractivity contribution in [2.24, 2.45) is 0 Å². The van der Waals surface area contributed by atoms with Crippen molar-refractivity contribution < 1.29 is 19.7 Å². The Morgan fingerprint density at radius 3 is 2.67 bits per heavy atom. The molecule has 0 aliphatic heterocycles. The van der Waals surface area contributed by atoms with E-state index in [1.165, 1.54) is 15.9 Å². The lowest BCUT2D eigenvalue weighted by Gasteiger charge is -2.06. The van der Waals surface area contributed by atoms with Crippen molar-refractivity contribution in [2.45, 2.75) is 13.0 Å². The zero-order valence-electron chi connectivity index (χ0n) is 12.9. The lowest BCUT2D eigenvalue weighted by Crippen LogP contribution is -2.08. The number of carbonyl (C=O) groups is 1. The molecule has 24 heavy (non-hydrogen) atoms. The first-order chi connectivity index (χ1) is 11.5. The maximum absolute atomic E-state index is 10.9. The van der Waals surface area contributed by atoms with Crippen molar-refractivity contribution in [1.82, 2.24) is 4.57 Å². The van der Waals surface area contributed by atoms with Crippen molar-refractivity contribution in [3.63, 3.8) is 0 Å². The first-order valence-corrected chi connectivity index (χ1v) is 8.40. The Morgan fingerprint density at radius 2 is 1.96 bits per heavy atom. The highest BCUT2D eigenvalue weighted by Gasteiger charge is 2.14. The molecule has 1 aromatic heterocycles. The molecule has 3 rings (SSSR count). The number of thiazole rings is 1. The Morgan fingerprint density at radius 1 is 1.25 bits per heavy atom. The summed E-state index contributed by atoms with van der Waals surface area (Å²) in [4.78, 5) is 11.5. The summed E-state index contributed by atoms with van der Waals surface area (Å²) in [6, 6.07) is 11.9. The predicted octanol–water partition coefficient (Wildman–Crippen LogP) is 3.82. The molecule has 0 atom stereocenters. The van der Waals surface area contributed by atoms with Crippen LogP contribution in [0.25, 0.3) is 10.8 Å². The fraction of sp³-hybridized carbons (Fsp3) is 0.176. The maximum Gasteiger partial charge on any atom is 0.323 e. The van der Waals surface area contributed by atoms with Gasteiger partial charge in [0.2, 0.25) is 5.88 Å². The molecular formula is C17H15NO4S2. The third-order valence-electron chi connectivity index (χ3n) is 3.71. The molecule has 0 unspecified atom stereocenters. The van der Waals surface area contributed by atoms with E-state index in [1.54, 1.807) is 7.11 Å². The van der Waals surface area contributed by atoms with Crippen LogP contribution in [0.2, 0.25) is 0 Å². The monoisotopic (exact) mass is 361 g/mol. The summed E-state index contributed by atoms with van der Waals surface area (Å²) in [5.74, 6) is -0.302. The predicted molar refractivity (Wildman–Crippen MR) is 95.7 cm³/mol. The summed E-state index contributed by atoms with van der Waals surface area (Å²) in [5, 5.41) is 21.3. The van der Waals surface area contributed by atoms with Crippen LogP contribution in [0.1, 0.15) is 10.4 Å². The minimum absolute atomic E-state index is 0.0674. The first-order valence-electron chi connectivity index (χ1n) is 7.18. The fourth-order valence-electron chi connectivity index (χ4n) is 2.53. The van der Waals surface area contributed by atoms with E-state index >= 15 is 0 Å². The lowest BCUT2D eigenvalue weighted by molar-refractivity contribution is -0.137. The standard InChI is InChI=1S/C17H15NO4S2/c1-22-13-5-4-11-6-10(2-3-12(11)8-13)7-14-16(21)18(9-15(19)20)17(23)24-14/h2-6,8,21H,7,9H2,1H3,(H,19,20). The van der Waals surface area contributed by atoms with E-state index < -0.39 is 5.97 Å². The highest BCUT2D eigenvalue weighted by molar-refractivity contribution is 7.73. The maximum atomic E-state index is 10.9. The third-order valence-corrected chi connectivity index (χ3v) is 5.14. The van der Waals surface area contributed by atoms with Crippen molar-refractivity contribution in [3.05, 3.63) is 50.8 Å². The molecule has 0 aliphatic rings. The van der Waals surface area contributed by atoms with Crippen LogP contribution in [-0.2, 0) is 17.8 Å². The number of fused-ring (bicyclic) bond motifs is 1. The third kappa shape index (κ3) is 3.27. The van der Waals surface area contributed by atoms with Gasteiger partial charge in [0.05, 0.1) is 12.0 Å². The Labute approximate surface area is 147 Å². The number of hydrogen-bond donors (Lipinski definition) is 2. The molecule has 0 saturated carbocycles. The topological polar surface area (TPSA) is 71.7 Å². The van der Waals surface area contributed by atoms with Crippen molar-refractivity contribution >= 4 is 40.3 Å². The Bertz CT molecular complexity index is 974. The minimum atomic E-state index is -1.04. The smallest absolute Gasteiger partial charge is 0.323 e. The molecule has 0 bridgehead atoms. The Kier molecular flexibility index (Phi) is 4.55. The van der Waals surface area contributed by atoms with Gasteiger partial charge in [-0.2, -0.15) is 0 Å². The second-order valence-corrected chi connectivity index (χ2v) is 7.05. The van der Waals surface area contributed by atoms with Gasteiger partial charge in [0.1, 0.15) is 12.3 Å². The van der Waals surface area contributed by atoms with Gasteiger partial charge in [-0.25, -0.2) is 0 Å². The van der Waals surface area contributed by atoms with Crippen LogP contribution in [0.4, 0.5) is 0 Å². The number of aromatic nitrogens is 1. The highest BCUT2D eigenvalue weighted by Crippen LogP contribution is 2.30. The number of aliphatic carboxylic acids is 1. The average molecular weight is 361 g/mol. The number of aromatic hydroxyl groups is 1. The number of methoxy groups -OCH3 is 1. The van der Waals surface area contributed by atoms with Crippen LogP contribution in [0, 0.1) is 3.95 Å². The van der Waals surface area contributed by atoms with E-state index in [1.807, 2.05) is 36.4 Å². The molecule has 0 amide bonds. The van der Waals surface area contributed by atoms with Gasteiger partial charge in [-0.15, -0.1) is 11.3 Å². The summed E-state index contributed by atoms with van der Waals surface area (Å²) in [6.45, 7) is -0.335. The van der Waals surface area contributed by atoms with Gasteiger partial charge in [0, 0.05) is 6.42 Å². The van der Waals surface area contributed by atoms with E-state index in [0.29, 0.717) is 15.3 Å². The van der Waals surface area contributed by atoms with Crippen molar-refractivity contribution in [2.75, 3.05) is 7.11 Å². The van der Waals surface area contributed by atoms with Crippen LogP contribution >= 0.6 is 23.6 Å². The summed E-state index contributed by atoms with van der Waals surface area (Å²) < 4.78 is 6.81. The Balaban J connectivity index is 1.92. The molecule has 2 aromatic carbocycles. The zero-order chi connectivity index (χ0) is 17.3. The molecular weight excluding hydrogens is 346 g/mol. The minimum Gasteiger partial charge on any atom is -0.497 e. The van der Waals surface area contributed by atoms with Gasteiger partial charge < -0.3 is 14.9 Å². The van der Waals surface area contributed by atoms with Gasteiger partial charge in [-0.3, -0.25) is 9.36 Å². The molecule has 0 radical (unpaired) electrons. The van der Waals surface area contributed by atoms with Gasteiger partial charge >= 0.3 is 5.97 Å². The summed E-state index contributed by atoms with van der Waals surface area (Å²) >= 11 is 6.38. The zero-order valence-corrected chi connectivity index (χ0v) is 14.5. The second-order valence-electron chi connectivity index (χ2n) is 5.32. The Hall–Kier alpha value is -2.38. The molecule has 0 aliphatic carbocycles. The first kappa shape index (κ1) is 16.5. The number of benzene rings is 2. The van der Waals surface area contributed by atoms with Crippen LogP contribution < -0.4 is 4.74 Å². The quantitative estimate of drug-likeness (QED) is 0.676. The molecule has 0 spiro atoms. The molecule has 0 fully saturated rings. The molecule has 2 N–H and O–H groups in total. The number of carboxylic acids is 1. The summed E-state index contributed by atoms with van der Waals surface area (Å²) in [5.41, 5.74) is 1.02. The summed E-state index contributed by atoms with van der Waals surface area (Å²) in [7, 11) is 1.63. The molecule has 1 heterocycles. The van der Waals surface area contributed by atoms with E-state index in [4.69, 9.17) is 22.1 Å². The number of carboxylic acid groups (broad SMARTS) is 1. The fourth-order valence-corrected chi connectivity index (χ4v) is 3.89. The van der Waals surface area contributed by atoms with Crippen molar-refractivity contribution in [1.29, 1.82) is 0 Å². The van der Waals surface area contributed by atoms with Gasteiger partial charge in [0.15, 0.2) is 3.95 Å². The lowest BCUT2D eigenvalue weighted by atomic mass is 10.0. The second kappa shape index (κ2) is 6.62. The summed E-state index contributed by atoms with van der Waals surface area (Å²) in [6.07, 6.45) is 0.495. The molecule has 3 aromatic rings. The number of rotatable bonds is 5. The molecule has 124 valence electrons. The number of hydrogen-bond acceptors (Lipinski definition) is 5. The number of ether oxygens (including phenoxy) is 1. The SMILES string of the molecule is COc1ccc2cc(Cc3sc(=S)n(CC(=O)O)c3O)ccc2c1. The van der Waals surface area contributed by atoms with Crippen LogP contribution in [0.5, 0.6) is 11.6 Å². The van der Waals surface area contributed by atoms with E-state index in [9.17, 15) is 9.90 Å². The van der Waals surface area contributed by atoms with E-state index in [0.717, 1.165) is 22.1 Å². The van der Waals surface area contributed by atoms with E-state index in [2.05, 4.69) is 0 Å². The van der Waals surface area contributed by atoms with Gasteiger partial charge in [0.25, 0.3) is 0 Å². The van der Waals surface area contributed by atoms with Crippen LogP contribution in [-0.4, -0.2) is 27.9 Å². The van der Waals surface area contributed by atoms with Crippen LogP contribution in [0.3, 0.4) is 0 Å². The van der Waals surface area contributed by atoms with Gasteiger partial charge in [-0.05, 0) is 40.7 Å². The average Bonchev–Trinajstić information content (AvgIpc) is 2.81. The normalized spacial score (nSPS) is 10.9. The largest absolute Gasteiger partial charge is 0.497 e. The molecule has 7 heteroatoms. The number of nitrogens with zero attached hydrogens (tertiary/aromatic N) is 1. The van der Waals surface area contributed by atoms with Crippen molar-refractivity contribution in [3.8, 4) is 11.6 Å². The van der Waals surface area contributed by atoms with E-state index in [-0.39, 0.29) is 12.4 Å². The van der Waals surface area contributed by atoms with Gasteiger partial charge in [-0.1, -0.05) is 24.3 Å². The highest BCUT2D eigenvalue weighted by atomic mass is 32.1. The molecule has 0 saturated heterocycles. The molecule has 5 nitrogen and oxygen atoms in total.